The van der Waals surface area contributed by atoms with Gasteiger partial charge in [-0.25, -0.2) is 0 Å². The molecule has 1 N–H and O–H groups in total. The van der Waals surface area contributed by atoms with Gasteiger partial charge in [-0.3, -0.25) is 4.79 Å². The van der Waals surface area contributed by atoms with E-state index in [9.17, 15) is 4.79 Å². The Bertz CT molecular complexity index is 886. The molecule has 0 heterocycles. The van der Waals surface area contributed by atoms with E-state index >= 15 is 0 Å². The summed E-state index contributed by atoms with van der Waals surface area (Å²) in [6, 6.07) is 24.4. The number of aryl methyl sites for hydroxylation is 2. The van der Waals surface area contributed by atoms with Crippen molar-refractivity contribution in [2.24, 2.45) is 0 Å². The number of hydrogen-bond acceptors (Lipinski definition) is 2. The van der Waals surface area contributed by atoms with Crippen molar-refractivity contribution in [2.45, 2.75) is 20.3 Å². The lowest BCUT2D eigenvalue weighted by molar-refractivity contribution is -0.120. The lowest BCUT2D eigenvalue weighted by atomic mass is 10.0. The van der Waals surface area contributed by atoms with Crippen LogP contribution in [0.4, 0.5) is 0 Å². The van der Waals surface area contributed by atoms with E-state index in [2.05, 4.69) is 43.4 Å². The Morgan fingerprint density at radius 3 is 2.26 bits per heavy atom. The van der Waals surface area contributed by atoms with Gasteiger partial charge in [-0.2, -0.15) is 0 Å². The van der Waals surface area contributed by atoms with E-state index in [1.807, 2.05) is 48.5 Å². The lowest BCUT2D eigenvalue weighted by Crippen LogP contribution is -2.29. The maximum atomic E-state index is 12.1. The van der Waals surface area contributed by atoms with E-state index in [0.717, 1.165) is 16.9 Å². The second-order valence-corrected chi connectivity index (χ2v) is 6.68. The number of amides is 1. The molecule has 0 aromatic heterocycles. The first-order chi connectivity index (χ1) is 13.1. The highest BCUT2D eigenvalue weighted by atomic mass is 16.5. The molecule has 0 saturated carbocycles. The first kappa shape index (κ1) is 18.7. The van der Waals surface area contributed by atoms with Gasteiger partial charge in [0.1, 0.15) is 12.4 Å². The highest BCUT2D eigenvalue weighted by molar-refractivity contribution is 5.78. The van der Waals surface area contributed by atoms with Crippen LogP contribution in [-0.2, 0) is 11.2 Å². The van der Waals surface area contributed by atoms with Gasteiger partial charge in [0.25, 0.3) is 0 Å². The van der Waals surface area contributed by atoms with Crippen LogP contribution in [0.15, 0.2) is 72.8 Å². The molecular weight excluding hydrogens is 334 g/mol. The van der Waals surface area contributed by atoms with Crippen LogP contribution in [0, 0.1) is 13.8 Å². The van der Waals surface area contributed by atoms with Crippen LogP contribution in [0.5, 0.6) is 5.75 Å². The van der Waals surface area contributed by atoms with Crippen molar-refractivity contribution in [1.82, 2.24) is 5.32 Å². The molecule has 0 bridgehead atoms. The van der Waals surface area contributed by atoms with E-state index < -0.39 is 0 Å². The van der Waals surface area contributed by atoms with Gasteiger partial charge < -0.3 is 10.1 Å². The van der Waals surface area contributed by atoms with Crippen LogP contribution in [-0.4, -0.2) is 19.1 Å². The zero-order valence-electron chi connectivity index (χ0n) is 15.9. The largest absolute Gasteiger partial charge is 0.492 e. The number of carbonyl (C=O) groups is 1. The first-order valence-corrected chi connectivity index (χ1v) is 9.23. The van der Waals surface area contributed by atoms with E-state index in [1.54, 1.807) is 0 Å². The third-order valence-corrected chi connectivity index (χ3v) is 4.60. The highest BCUT2D eigenvalue weighted by Crippen LogP contribution is 2.19. The van der Waals surface area contributed by atoms with Crippen LogP contribution in [0.3, 0.4) is 0 Å². The van der Waals surface area contributed by atoms with Gasteiger partial charge in [0.05, 0.1) is 13.0 Å². The molecule has 0 unspecified atom stereocenters. The number of carbonyl (C=O) groups excluding carboxylic acids is 1. The summed E-state index contributed by atoms with van der Waals surface area (Å²) in [5.41, 5.74) is 5.78. The standard InChI is InChI=1S/C24H25NO2/c1-18-8-13-23(16-19(18)2)27-15-14-25-24(26)17-20-9-11-22(12-10-20)21-6-4-3-5-7-21/h3-13,16H,14-15,17H2,1-2H3,(H,25,26). The van der Waals surface area contributed by atoms with Crippen LogP contribution in [0.25, 0.3) is 11.1 Å². The molecule has 0 saturated heterocycles. The third-order valence-electron chi connectivity index (χ3n) is 4.60. The molecule has 0 aliphatic heterocycles. The Balaban J connectivity index is 1.43. The normalized spacial score (nSPS) is 10.4. The van der Waals surface area contributed by atoms with E-state index in [0.29, 0.717) is 19.6 Å². The minimum atomic E-state index is 0.00569. The Labute approximate surface area is 161 Å². The summed E-state index contributed by atoms with van der Waals surface area (Å²) in [5.74, 6) is 0.843. The molecule has 3 aromatic carbocycles. The average molecular weight is 359 g/mol. The number of hydrogen-bond donors (Lipinski definition) is 1. The molecule has 27 heavy (non-hydrogen) atoms. The van der Waals surface area contributed by atoms with Gasteiger partial charge in [0.2, 0.25) is 5.91 Å². The Morgan fingerprint density at radius 1 is 0.852 bits per heavy atom. The Morgan fingerprint density at radius 2 is 1.56 bits per heavy atom. The second kappa shape index (κ2) is 9.04. The predicted molar refractivity (Wildman–Crippen MR) is 110 cm³/mol. The van der Waals surface area contributed by atoms with Crippen molar-refractivity contribution < 1.29 is 9.53 Å². The van der Waals surface area contributed by atoms with Gasteiger partial charge in [0, 0.05) is 0 Å². The van der Waals surface area contributed by atoms with Gasteiger partial charge in [-0.15, -0.1) is 0 Å². The maximum Gasteiger partial charge on any atom is 0.224 e. The quantitative estimate of drug-likeness (QED) is 0.621. The summed E-state index contributed by atoms with van der Waals surface area (Å²) in [7, 11) is 0. The smallest absolute Gasteiger partial charge is 0.224 e. The molecule has 3 nitrogen and oxygen atoms in total. The van der Waals surface area contributed by atoms with Gasteiger partial charge >= 0.3 is 0 Å². The van der Waals surface area contributed by atoms with Gasteiger partial charge in [-0.1, -0.05) is 60.7 Å². The van der Waals surface area contributed by atoms with E-state index in [1.165, 1.54) is 16.7 Å². The van der Waals surface area contributed by atoms with Gasteiger partial charge in [0.15, 0.2) is 0 Å². The third kappa shape index (κ3) is 5.45. The number of nitrogens with one attached hydrogen (secondary N) is 1. The van der Waals surface area contributed by atoms with Crippen molar-refractivity contribution in [1.29, 1.82) is 0 Å². The Kier molecular flexibility index (Phi) is 6.26. The first-order valence-electron chi connectivity index (χ1n) is 9.23. The molecule has 0 radical (unpaired) electrons. The molecule has 0 aliphatic carbocycles. The highest BCUT2D eigenvalue weighted by Gasteiger charge is 2.04. The van der Waals surface area contributed by atoms with Crippen LogP contribution < -0.4 is 10.1 Å². The summed E-state index contributed by atoms with van der Waals surface area (Å²) < 4.78 is 5.69. The Hall–Kier alpha value is -3.07. The van der Waals surface area contributed by atoms with Crippen LogP contribution >= 0.6 is 0 Å². The topological polar surface area (TPSA) is 38.3 Å². The summed E-state index contributed by atoms with van der Waals surface area (Å²) in [6.07, 6.45) is 0.374. The lowest BCUT2D eigenvalue weighted by Gasteiger charge is -2.10. The molecule has 3 heteroatoms. The molecular formula is C24H25NO2. The fourth-order valence-electron chi connectivity index (χ4n) is 2.86. The predicted octanol–water partition coefficient (Wildman–Crippen LogP) is 4.71. The fraction of sp³-hybridized carbons (Fsp3) is 0.208. The molecule has 0 spiro atoms. The molecule has 1 amide bonds. The SMILES string of the molecule is Cc1ccc(OCCNC(=O)Cc2ccc(-c3ccccc3)cc2)cc1C. The van der Waals surface area contributed by atoms with E-state index in [-0.39, 0.29) is 5.91 Å². The minimum absolute atomic E-state index is 0.00569. The van der Waals surface area contributed by atoms with Crippen molar-refractivity contribution in [2.75, 3.05) is 13.2 Å². The van der Waals surface area contributed by atoms with Crippen molar-refractivity contribution in [3.8, 4) is 16.9 Å². The molecule has 3 aromatic rings. The van der Waals surface area contributed by atoms with Crippen molar-refractivity contribution in [3.63, 3.8) is 0 Å². The van der Waals surface area contributed by atoms with Crippen molar-refractivity contribution in [3.05, 3.63) is 89.5 Å². The zero-order valence-corrected chi connectivity index (χ0v) is 15.9. The number of benzene rings is 3. The summed E-state index contributed by atoms with van der Waals surface area (Å²) >= 11 is 0. The maximum absolute atomic E-state index is 12.1. The summed E-state index contributed by atoms with van der Waals surface area (Å²) in [4.78, 5) is 12.1. The molecule has 0 fully saturated rings. The summed E-state index contributed by atoms with van der Waals surface area (Å²) in [5, 5.41) is 2.91. The molecule has 138 valence electrons. The second-order valence-electron chi connectivity index (χ2n) is 6.68. The fourth-order valence-corrected chi connectivity index (χ4v) is 2.86. The van der Waals surface area contributed by atoms with E-state index in [4.69, 9.17) is 4.74 Å². The number of ether oxygens (including phenoxy) is 1. The summed E-state index contributed by atoms with van der Waals surface area (Å²) in [6.45, 7) is 5.09. The molecule has 0 atom stereocenters. The minimum Gasteiger partial charge on any atom is -0.492 e. The molecule has 3 rings (SSSR count). The van der Waals surface area contributed by atoms with Crippen molar-refractivity contribution >= 4 is 5.91 Å². The number of rotatable bonds is 7. The van der Waals surface area contributed by atoms with Gasteiger partial charge in [-0.05, 0) is 53.8 Å². The molecule has 0 aliphatic rings. The zero-order chi connectivity index (χ0) is 19.1. The van der Waals surface area contributed by atoms with Crippen LogP contribution in [0.1, 0.15) is 16.7 Å². The van der Waals surface area contributed by atoms with Crippen LogP contribution in [0.2, 0.25) is 0 Å². The average Bonchev–Trinajstić information content (AvgIpc) is 2.69. The monoisotopic (exact) mass is 359 g/mol.